The van der Waals surface area contributed by atoms with Crippen LogP contribution < -0.4 is 10.1 Å². The molecule has 2 unspecified atom stereocenters. The van der Waals surface area contributed by atoms with Crippen molar-refractivity contribution in [1.29, 1.82) is 0 Å². The number of rotatable bonds is 2. The van der Waals surface area contributed by atoms with Crippen molar-refractivity contribution in [2.45, 2.75) is 38.9 Å². The predicted molar refractivity (Wildman–Crippen MR) is 87.9 cm³/mol. The van der Waals surface area contributed by atoms with Gasteiger partial charge in [-0.25, -0.2) is 0 Å². The summed E-state index contributed by atoms with van der Waals surface area (Å²) >= 11 is 3.62. The molecule has 2 atom stereocenters. The van der Waals surface area contributed by atoms with Crippen molar-refractivity contribution in [3.63, 3.8) is 0 Å². The molecule has 2 aliphatic rings. The number of hydrogen-bond acceptors (Lipinski definition) is 3. The van der Waals surface area contributed by atoms with E-state index in [-0.39, 0.29) is 12.4 Å². The number of ether oxygens (including phenoxy) is 1. The van der Waals surface area contributed by atoms with Gasteiger partial charge in [0.1, 0.15) is 5.75 Å². The smallest absolute Gasteiger partial charge is 0.127 e. The normalized spacial score (nSPS) is 25.8. The van der Waals surface area contributed by atoms with E-state index in [2.05, 4.69) is 52.1 Å². The zero-order valence-corrected chi connectivity index (χ0v) is 14.4. The molecular formula is C15H22BrClN2O. The Hall–Kier alpha value is -0.290. The maximum atomic E-state index is 5.83. The third kappa shape index (κ3) is 3.30. The van der Waals surface area contributed by atoms with Crippen LogP contribution in [0.5, 0.6) is 5.75 Å². The summed E-state index contributed by atoms with van der Waals surface area (Å²) < 4.78 is 6.99. The van der Waals surface area contributed by atoms with Crippen molar-refractivity contribution in [3.8, 4) is 5.75 Å². The number of fused-ring (bicyclic) bond motifs is 1. The Balaban J connectivity index is 0.00000147. The van der Waals surface area contributed by atoms with Crippen molar-refractivity contribution in [2.24, 2.45) is 0 Å². The minimum Gasteiger partial charge on any atom is -0.493 e. The Bertz CT molecular complexity index is 483. The van der Waals surface area contributed by atoms with E-state index in [1.165, 1.54) is 15.6 Å². The van der Waals surface area contributed by atoms with E-state index >= 15 is 0 Å². The molecule has 3 rings (SSSR count). The van der Waals surface area contributed by atoms with Crippen LogP contribution in [0, 0.1) is 0 Å². The van der Waals surface area contributed by atoms with Crippen LogP contribution in [0.1, 0.15) is 25.0 Å². The SMILES string of the molecule is CC1CN(Cc2cc(Br)cc3c2OCC3)C(C)CN1.Cl. The van der Waals surface area contributed by atoms with Crippen LogP contribution >= 0.6 is 28.3 Å². The molecule has 3 nitrogen and oxygen atoms in total. The molecule has 2 aliphatic heterocycles. The van der Waals surface area contributed by atoms with E-state index in [0.29, 0.717) is 12.1 Å². The molecular weight excluding hydrogens is 340 g/mol. The van der Waals surface area contributed by atoms with Gasteiger partial charge >= 0.3 is 0 Å². The predicted octanol–water partition coefficient (Wildman–Crippen LogP) is 2.99. The zero-order chi connectivity index (χ0) is 13.4. The topological polar surface area (TPSA) is 24.5 Å². The maximum Gasteiger partial charge on any atom is 0.127 e. The molecule has 5 heteroatoms. The second-order valence-corrected chi connectivity index (χ2v) is 6.66. The van der Waals surface area contributed by atoms with Gasteiger partial charge in [-0.1, -0.05) is 15.9 Å². The fourth-order valence-electron chi connectivity index (χ4n) is 3.00. The van der Waals surface area contributed by atoms with E-state index < -0.39 is 0 Å². The van der Waals surface area contributed by atoms with Crippen LogP contribution in [0.15, 0.2) is 16.6 Å². The number of hydrogen-bond donors (Lipinski definition) is 1. The highest BCUT2D eigenvalue weighted by atomic mass is 79.9. The summed E-state index contributed by atoms with van der Waals surface area (Å²) in [5.74, 6) is 1.13. The quantitative estimate of drug-likeness (QED) is 0.876. The van der Waals surface area contributed by atoms with Crippen molar-refractivity contribution < 1.29 is 4.74 Å². The fraction of sp³-hybridized carbons (Fsp3) is 0.600. The Morgan fingerprint density at radius 1 is 1.40 bits per heavy atom. The van der Waals surface area contributed by atoms with Gasteiger partial charge in [-0.2, -0.15) is 0 Å². The molecule has 1 N–H and O–H groups in total. The van der Waals surface area contributed by atoms with Gasteiger partial charge < -0.3 is 10.1 Å². The molecule has 0 radical (unpaired) electrons. The van der Waals surface area contributed by atoms with Crippen molar-refractivity contribution in [2.75, 3.05) is 19.7 Å². The molecule has 1 saturated heterocycles. The van der Waals surface area contributed by atoms with Crippen LogP contribution in [0.4, 0.5) is 0 Å². The third-order valence-corrected chi connectivity index (χ3v) is 4.55. The Morgan fingerprint density at radius 3 is 3.00 bits per heavy atom. The Morgan fingerprint density at radius 2 is 2.20 bits per heavy atom. The summed E-state index contributed by atoms with van der Waals surface area (Å²) in [6, 6.07) is 5.55. The molecule has 2 heterocycles. The molecule has 0 spiro atoms. The highest BCUT2D eigenvalue weighted by Gasteiger charge is 2.25. The summed E-state index contributed by atoms with van der Waals surface area (Å²) in [7, 11) is 0. The minimum absolute atomic E-state index is 0. The first-order valence-electron chi connectivity index (χ1n) is 7.05. The average Bonchev–Trinajstić information content (AvgIpc) is 2.82. The standard InChI is InChI=1S/C15H21BrN2O.ClH/c1-10-8-18(11(2)7-17-10)9-13-6-14(16)5-12-3-4-19-15(12)13;/h5-6,10-11,17H,3-4,7-9H2,1-2H3;1H. The third-order valence-electron chi connectivity index (χ3n) is 4.09. The summed E-state index contributed by atoms with van der Waals surface area (Å²) in [5.41, 5.74) is 2.67. The van der Waals surface area contributed by atoms with Gasteiger partial charge in [0.05, 0.1) is 6.61 Å². The number of nitrogens with zero attached hydrogens (tertiary/aromatic N) is 1. The average molecular weight is 362 g/mol. The van der Waals surface area contributed by atoms with E-state index in [1.807, 2.05) is 0 Å². The van der Waals surface area contributed by atoms with Gasteiger partial charge in [0.2, 0.25) is 0 Å². The van der Waals surface area contributed by atoms with Gasteiger partial charge in [-0.3, -0.25) is 4.90 Å². The Labute approximate surface area is 135 Å². The number of nitrogens with one attached hydrogen (secondary N) is 1. The molecule has 0 bridgehead atoms. The van der Waals surface area contributed by atoms with Crippen molar-refractivity contribution in [1.82, 2.24) is 10.2 Å². The number of benzene rings is 1. The molecule has 1 aromatic carbocycles. The second kappa shape index (κ2) is 6.65. The van der Waals surface area contributed by atoms with Gasteiger partial charge in [-0.15, -0.1) is 12.4 Å². The lowest BCUT2D eigenvalue weighted by atomic mass is 10.1. The molecule has 112 valence electrons. The molecule has 0 saturated carbocycles. The first-order valence-corrected chi connectivity index (χ1v) is 7.84. The zero-order valence-electron chi connectivity index (χ0n) is 12.0. The highest BCUT2D eigenvalue weighted by molar-refractivity contribution is 9.10. The fourth-order valence-corrected chi connectivity index (χ4v) is 3.55. The first-order chi connectivity index (χ1) is 9.13. The van der Waals surface area contributed by atoms with Crippen LogP contribution in [-0.2, 0) is 13.0 Å². The van der Waals surface area contributed by atoms with Crippen LogP contribution in [-0.4, -0.2) is 36.7 Å². The van der Waals surface area contributed by atoms with Crippen LogP contribution in [0.2, 0.25) is 0 Å². The lowest BCUT2D eigenvalue weighted by Gasteiger charge is -2.37. The molecule has 0 aromatic heterocycles. The van der Waals surface area contributed by atoms with E-state index in [0.717, 1.165) is 38.4 Å². The highest BCUT2D eigenvalue weighted by Crippen LogP contribution is 2.34. The molecule has 1 aromatic rings. The van der Waals surface area contributed by atoms with Gasteiger partial charge in [-0.05, 0) is 31.5 Å². The Kier molecular flexibility index (Phi) is 5.35. The maximum absolute atomic E-state index is 5.83. The largest absolute Gasteiger partial charge is 0.493 e. The molecule has 0 amide bonds. The van der Waals surface area contributed by atoms with Crippen LogP contribution in [0.3, 0.4) is 0 Å². The lowest BCUT2D eigenvalue weighted by Crippen LogP contribution is -2.53. The summed E-state index contributed by atoms with van der Waals surface area (Å²) in [4.78, 5) is 2.55. The summed E-state index contributed by atoms with van der Waals surface area (Å²) in [5, 5.41) is 3.53. The minimum atomic E-state index is 0. The number of halogens is 2. The van der Waals surface area contributed by atoms with Gasteiger partial charge in [0.25, 0.3) is 0 Å². The van der Waals surface area contributed by atoms with Gasteiger partial charge in [0.15, 0.2) is 0 Å². The monoisotopic (exact) mass is 360 g/mol. The van der Waals surface area contributed by atoms with Gasteiger partial charge in [0, 0.05) is 48.2 Å². The van der Waals surface area contributed by atoms with Crippen LogP contribution in [0.25, 0.3) is 0 Å². The summed E-state index contributed by atoms with van der Waals surface area (Å²) in [6.45, 7) is 8.51. The van der Waals surface area contributed by atoms with E-state index in [4.69, 9.17) is 4.74 Å². The van der Waals surface area contributed by atoms with Crippen molar-refractivity contribution >= 4 is 28.3 Å². The lowest BCUT2D eigenvalue weighted by molar-refractivity contribution is 0.137. The van der Waals surface area contributed by atoms with Crippen molar-refractivity contribution in [3.05, 3.63) is 27.7 Å². The van der Waals surface area contributed by atoms with E-state index in [1.54, 1.807) is 0 Å². The second-order valence-electron chi connectivity index (χ2n) is 5.74. The number of piperazine rings is 1. The summed E-state index contributed by atoms with van der Waals surface area (Å²) in [6.07, 6.45) is 1.04. The molecule has 0 aliphatic carbocycles. The molecule has 20 heavy (non-hydrogen) atoms. The first kappa shape index (κ1) is 16.1. The van der Waals surface area contributed by atoms with E-state index in [9.17, 15) is 0 Å². The molecule has 1 fully saturated rings.